The Kier molecular flexibility index (Phi) is 3.86. The summed E-state index contributed by atoms with van der Waals surface area (Å²) in [5.41, 5.74) is 1.23. The molecule has 0 aliphatic carbocycles. The van der Waals surface area contributed by atoms with Gasteiger partial charge in [0.15, 0.2) is 5.75 Å². The van der Waals surface area contributed by atoms with Crippen LogP contribution in [0.15, 0.2) is 18.2 Å². The Bertz CT molecular complexity index is 380. The fraction of sp³-hybridized carbons (Fsp3) is 0.538. The first-order valence-electron chi connectivity index (χ1n) is 5.93. The number of rotatable bonds is 5. The molecule has 4 heteroatoms. The summed E-state index contributed by atoms with van der Waals surface area (Å²) in [5, 5.41) is 2.01. The van der Waals surface area contributed by atoms with Gasteiger partial charge in [-0.05, 0) is 33.1 Å². The van der Waals surface area contributed by atoms with E-state index >= 15 is 0 Å². The molecule has 0 spiro atoms. The highest BCUT2D eigenvalue weighted by Gasteiger charge is 2.20. The maximum absolute atomic E-state index is 5.77. The minimum atomic E-state index is 0.846. The van der Waals surface area contributed by atoms with E-state index in [4.69, 9.17) is 9.57 Å². The van der Waals surface area contributed by atoms with Gasteiger partial charge in [-0.1, -0.05) is 6.07 Å². The molecule has 17 heavy (non-hydrogen) atoms. The van der Waals surface area contributed by atoms with Crippen LogP contribution in [0.2, 0.25) is 0 Å². The Morgan fingerprint density at radius 3 is 2.94 bits per heavy atom. The lowest BCUT2D eigenvalue weighted by atomic mass is 10.2. The third-order valence-electron chi connectivity index (χ3n) is 2.86. The molecule has 0 fully saturated rings. The molecule has 4 nitrogen and oxygen atoms in total. The molecule has 0 unspecified atom stereocenters. The first-order valence-corrected chi connectivity index (χ1v) is 5.93. The number of hydrogen-bond acceptors (Lipinski definition) is 4. The fourth-order valence-corrected chi connectivity index (χ4v) is 1.93. The topological polar surface area (TPSA) is 24.9 Å². The summed E-state index contributed by atoms with van der Waals surface area (Å²) < 4.78 is 5.18. The van der Waals surface area contributed by atoms with Gasteiger partial charge in [-0.25, -0.2) is 0 Å². The smallest absolute Gasteiger partial charge is 0.155 e. The molecule has 1 aromatic carbocycles. The quantitative estimate of drug-likeness (QED) is 0.777. The van der Waals surface area contributed by atoms with E-state index in [2.05, 4.69) is 25.1 Å². The van der Waals surface area contributed by atoms with Gasteiger partial charge in [0.2, 0.25) is 0 Å². The van der Waals surface area contributed by atoms with Crippen molar-refractivity contribution in [1.29, 1.82) is 0 Å². The molecule has 2 rings (SSSR count). The Morgan fingerprint density at radius 1 is 1.41 bits per heavy atom. The predicted octanol–water partition coefficient (Wildman–Crippen LogP) is 1.76. The van der Waals surface area contributed by atoms with Crippen molar-refractivity contribution in [2.45, 2.75) is 13.0 Å². The molecule has 94 valence electrons. The molecule has 1 aliphatic rings. The van der Waals surface area contributed by atoms with Crippen LogP contribution in [0.3, 0.4) is 0 Å². The predicted molar refractivity (Wildman–Crippen MR) is 67.2 cm³/mol. The normalized spacial score (nSPS) is 14.8. The zero-order valence-electron chi connectivity index (χ0n) is 10.8. The number of fused-ring (bicyclic) bond motifs is 1. The second kappa shape index (κ2) is 5.38. The number of hydrogen-bond donors (Lipinski definition) is 0. The van der Waals surface area contributed by atoms with Crippen LogP contribution in [0.4, 0.5) is 0 Å². The SMILES string of the molecule is COc1ccc2c(c1)ON(CCCN(C)C)C2. The van der Waals surface area contributed by atoms with Crippen LogP contribution in [-0.2, 0) is 6.54 Å². The highest BCUT2D eigenvalue weighted by molar-refractivity contribution is 5.42. The van der Waals surface area contributed by atoms with Crippen molar-refractivity contribution in [3.05, 3.63) is 23.8 Å². The van der Waals surface area contributed by atoms with Crippen LogP contribution >= 0.6 is 0 Å². The highest BCUT2D eigenvalue weighted by atomic mass is 16.7. The van der Waals surface area contributed by atoms with E-state index in [0.29, 0.717) is 0 Å². The molecule has 0 amide bonds. The second-order valence-electron chi connectivity index (χ2n) is 4.59. The standard InChI is InChI=1S/C13H20N2O2/c1-14(2)7-4-8-15-10-11-5-6-12(16-3)9-13(11)17-15/h5-6,9H,4,7-8,10H2,1-3H3. The van der Waals surface area contributed by atoms with Crippen molar-refractivity contribution in [3.8, 4) is 11.5 Å². The summed E-state index contributed by atoms with van der Waals surface area (Å²) in [7, 11) is 5.85. The Morgan fingerprint density at radius 2 is 2.24 bits per heavy atom. The number of benzene rings is 1. The monoisotopic (exact) mass is 236 g/mol. The molecule has 0 bridgehead atoms. The van der Waals surface area contributed by atoms with Gasteiger partial charge in [0.1, 0.15) is 5.75 Å². The lowest BCUT2D eigenvalue weighted by Crippen LogP contribution is -2.25. The third kappa shape index (κ3) is 3.11. The van der Waals surface area contributed by atoms with E-state index in [1.807, 2.05) is 17.2 Å². The Labute approximate surface area is 103 Å². The zero-order valence-corrected chi connectivity index (χ0v) is 10.8. The minimum Gasteiger partial charge on any atom is -0.497 e. The lowest BCUT2D eigenvalue weighted by molar-refractivity contribution is -0.0443. The van der Waals surface area contributed by atoms with Crippen molar-refractivity contribution in [3.63, 3.8) is 0 Å². The van der Waals surface area contributed by atoms with Gasteiger partial charge in [0.25, 0.3) is 0 Å². The summed E-state index contributed by atoms with van der Waals surface area (Å²) in [6.07, 6.45) is 1.11. The molecule has 0 aromatic heterocycles. The van der Waals surface area contributed by atoms with Crippen molar-refractivity contribution < 1.29 is 9.57 Å². The largest absolute Gasteiger partial charge is 0.497 e. The Hall–Kier alpha value is -1.26. The van der Waals surface area contributed by atoms with E-state index in [1.54, 1.807) is 7.11 Å². The second-order valence-corrected chi connectivity index (χ2v) is 4.59. The molecule has 0 N–H and O–H groups in total. The van der Waals surface area contributed by atoms with Crippen LogP contribution in [0.25, 0.3) is 0 Å². The zero-order chi connectivity index (χ0) is 12.3. The van der Waals surface area contributed by atoms with E-state index in [0.717, 1.165) is 37.6 Å². The van der Waals surface area contributed by atoms with Crippen molar-refractivity contribution >= 4 is 0 Å². The first-order chi connectivity index (χ1) is 8.19. The van der Waals surface area contributed by atoms with Crippen LogP contribution in [0, 0.1) is 0 Å². The molecule has 1 aliphatic heterocycles. The average molecular weight is 236 g/mol. The highest BCUT2D eigenvalue weighted by Crippen LogP contribution is 2.31. The average Bonchev–Trinajstić information content (AvgIpc) is 2.69. The van der Waals surface area contributed by atoms with Gasteiger partial charge in [0, 0.05) is 18.2 Å². The molecular weight excluding hydrogens is 216 g/mol. The van der Waals surface area contributed by atoms with Gasteiger partial charge < -0.3 is 14.5 Å². The van der Waals surface area contributed by atoms with Crippen LogP contribution in [0.5, 0.6) is 11.5 Å². The maximum atomic E-state index is 5.77. The van der Waals surface area contributed by atoms with Crippen molar-refractivity contribution in [1.82, 2.24) is 9.96 Å². The van der Waals surface area contributed by atoms with Gasteiger partial charge in [0.05, 0.1) is 13.7 Å². The van der Waals surface area contributed by atoms with Crippen LogP contribution in [-0.4, -0.2) is 44.3 Å². The van der Waals surface area contributed by atoms with Crippen molar-refractivity contribution in [2.24, 2.45) is 0 Å². The van der Waals surface area contributed by atoms with Gasteiger partial charge in [-0.3, -0.25) is 0 Å². The summed E-state index contributed by atoms with van der Waals surface area (Å²) in [6.45, 7) is 2.90. The minimum absolute atomic E-state index is 0.846. The molecular formula is C13H20N2O2. The molecule has 0 saturated heterocycles. The molecule has 0 saturated carbocycles. The summed E-state index contributed by atoms with van der Waals surface area (Å²) in [6, 6.07) is 5.99. The molecule has 1 heterocycles. The number of hydroxylamine groups is 2. The van der Waals surface area contributed by atoms with Gasteiger partial charge >= 0.3 is 0 Å². The van der Waals surface area contributed by atoms with Gasteiger partial charge in [-0.15, -0.1) is 5.06 Å². The van der Waals surface area contributed by atoms with Gasteiger partial charge in [-0.2, -0.15) is 0 Å². The third-order valence-corrected chi connectivity index (χ3v) is 2.86. The van der Waals surface area contributed by atoms with Crippen LogP contribution < -0.4 is 9.57 Å². The summed E-state index contributed by atoms with van der Waals surface area (Å²) in [5.74, 6) is 1.77. The molecule has 0 radical (unpaired) electrons. The summed E-state index contributed by atoms with van der Waals surface area (Å²) in [4.78, 5) is 7.95. The number of methoxy groups -OCH3 is 1. The lowest BCUT2D eigenvalue weighted by Gasteiger charge is -2.15. The molecule has 1 aromatic rings. The Balaban J connectivity index is 1.88. The van der Waals surface area contributed by atoms with E-state index < -0.39 is 0 Å². The number of ether oxygens (including phenoxy) is 1. The first kappa shape index (κ1) is 12.2. The molecule has 0 atom stereocenters. The number of nitrogens with zero attached hydrogens (tertiary/aromatic N) is 2. The van der Waals surface area contributed by atoms with E-state index in [9.17, 15) is 0 Å². The summed E-state index contributed by atoms with van der Waals surface area (Å²) >= 11 is 0. The van der Waals surface area contributed by atoms with E-state index in [1.165, 1.54) is 5.56 Å². The van der Waals surface area contributed by atoms with Crippen LogP contribution in [0.1, 0.15) is 12.0 Å². The van der Waals surface area contributed by atoms with Crippen molar-refractivity contribution in [2.75, 3.05) is 34.3 Å². The maximum Gasteiger partial charge on any atom is 0.155 e. The van der Waals surface area contributed by atoms with E-state index in [-0.39, 0.29) is 0 Å². The fourth-order valence-electron chi connectivity index (χ4n) is 1.93.